The maximum Gasteiger partial charge on any atom is 0.343 e. The Morgan fingerprint density at radius 1 is 0.971 bits per heavy atom. The lowest BCUT2D eigenvalue weighted by atomic mass is 10.1. The van der Waals surface area contributed by atoms with Gasteiger partial charge < -0.3 is 19.3 Å². The Morgan fingerprint density at radius 2 is 1.63 bits per heavy atom. The molecule has 1 N–H and O–H groups in total. The first-order valence-electron chi connectivity index (χ1n) is 10.9. The van der Waals surface area contributed by atoms with E-state index in [9.17, 15) is 24.8 Å². The zero-order chi connectivity index (χ0) is 25.4. The second-order valence-electron chi connectivity index (χ2n) is 7.91. The van der Waals surface area contributed by atoms with E-state index in [2.05, 4.69) is 13.8 Å². The van der Waals surface area contributed by atoms with Crippen LogP contribution < -0.4 is 14.2 Å². The van der Waals surface area contributed by atoms with Crippen LogP contribution >= 0.6 is 0 Å². The van der Waals surface area contributed by atoms with E-state index in [0.29, 0.717) is 23.8 Å². The first-order valence-corrected chi connectivity index (χ1v) is 10.9. The van der Waals surface area contributed by atoms with E-state index < -0.39 is 16.9 Å². The van der Waals surface area contributed by atoms with Gasteiger partial charge in [-0.05, 0) is 47.9 Å². The number of carbonyl (C=O) groups excluding carboxylic acids is 1. The predicted molar refractivity (Wildman–Crippen MR) is 127 cm³/mol. The second kappa shape index (κ2) is 11.6. The van der Waals surface area contributed by atoms with Gasteiger partial charge in [0.15, 0.2) is 0 Å². The number of nitrogens with zero attached hydrogens (tertiary/aromatic N) is 1. The molecule has 0 spiro atoms. The summed E-state index contributed by atoms with van der Waals surface area (Å²) in [6, 6.07) is 16.2. The van der Waals surface area contributed by atoms with Crippen molar-refractivity contribution in [3.63, 3.8) is 0 Å². The maximum atomic E-state index is 12.3. The monoisotopic (exact) mass is 479 g/mol. The Balaban J connectivity index is 1.63. The lowest BCUT2D eigenvalue weighted by Gasteiger charge is -2.14. The van der Waals surface area contributed by atoms with Crippen LogP contribution in [0.15, 0.2) is 66.7 Å². The van der Waals surface area contributed by atoms with E-state index in [1.165, 1.54) is 30.3 Å². The zero-order valence-electron chi connectivity index (χ0n) is 19.3. The lowest BCUT2D eigenvalue weighted by molar-refractivity contribution is -0.384. The van der Waals surface area contributed by atoms with Crippen molar-refractivity contribution in [2.45, 2.75) is 26.9 Å². The largest absolute Gasteiger partial charge is 0.493 e. The van der Waals surface area contributed by atoms with Crippen molar-refractivity contribution in [2.75, 3.05) is 6.61 Å². The number of esters is 1. The van der Waals surface area contributed by atoms with E-state index >= 15 is 0 Å². The van der Waals surface area contributed by atoms with Crippen LogP contribution in [0.2, 0.25) is 0 Å². The van der Waals surface area contributed by atoms with Crippen LogP contribution in [0.1, 0.15) is 46.5 Å². The van der Waals surface area contributed by atoms with E-state index in [0.717, 1.165) is 6.42 Å². The van der Waals surface area contributed by atoms with E-state index in [1.807, 2.05) is 0 Å². The van der Waals surface area contributed by atoms with Gasteiger partial charge in [0.25, 0.3) is 5.69 Å². The molecule has 182 valence electrons. The number of carboxylic acids is 1. The summed E-state index contributed by atoms with van der Waals surface area (Å²) >= 11 is 0. The third-order valence-electron chi connectivity index (χ3n) is 5.26. The Morgan fingerprint density at radius 3 is 2.23 bits per heavy atom. The number of rotatable bonds is 11. The summed E-state index contributed by atoms with van der Waals surface area (Å²) in [6.45, 7) is 4.72. The summed E-state index contributed by atoms with van der Waals surface area (Å²) in [5, 5.41) is 20.2. The van der Waals surface area contributed by atoms with Gasteiger partial charge in [-0.1, -0.05) is 32.4 Å². The quantitative estimate of drug-likeness (QED) is 0.165. The Kier molecular flexibility index (Phi) is 8.39. The molecule has 3 rings (SSSR count). The number of hydrogen-bond acceptors (Lipinski definition) is 7. The number of nitro groups is 1. The van der Waals surface area contributed by atoms with E-state index in [-0.39, 0.29) is 34.9 Å². The smallest absolute Gasteiger partial charge is 0.343 e. The van der Waals surface area contributed by atoms with Crippen LogP contribution in [0.25, 0.3) is 0 Å². The molecule has 0 aromatic heterocycles. The molecule has 35 heavy (non-hydrogen) atoms. The fourth-order valence-electron chi connectivity index (χ4n) is 2.94. The zero-order valence-corrected chi connectivity index (χ0v) is 19.3. The molecule has 0 amide bonds. The molecule has 1 unspecified atom stereocenters. The van der Waals surface area contributed by atoms with E-state index in [1.54, 1.807) is 36.4 Å². The van der Waals surface area contributed by atoms with Gasteiger partial charge in [-0.25, -0.2) is 9.59 Å². The third-order valence-corrected chi connectivity index (χ3v) is 5.26. The highest BCUT2D eigenvalue weighted by molar-refractivity contribution is 5.91. The molecule has 0 saturated heterocycles. The summed E-state index contributed by atoms with van der Waals surface area (Å²) < 4.78 is 16.7. The van der Waals surface area contributed by atoms with Gasteiger partial charge >= 0.3 is 11.9 Å². The molecule has 9 heteroatoms. The number of ether oxygens (including phenoxy) is 3. The number of benzene rings is 3. The van der Waals surface area contributed by atoms with Crippen LogP contribution in [0.5, 0.6) is 17.2 Å². The van der Waals surface area contributed by atoms with Crippen LogP contribution in [-0.4, -0.2) is 28.6 Å². The standard InChI is InChI=1S/C26H25NO8/c1-3-17(2)15-33-22-12-13-23(25(28)29)24(14-22)34-16-18-4-6-19(7-5-18)26(30)35-21-10-8-20(9-11-21)27(31)32/h4-14,17H,3,15-16H2,1-2H3,(H,28,29). The molecule has 0 aliphatic rings. The summed E-state index contributed by atoms with van der Waals surface area (Å²) in [6.07, 6.45) is 0.966. The minimum absolute atomic E-state index is 0.0178. The van der Waals surface area contributed by atoms with Crippen molar-refractivity contribution < 1.29 is 33.8 Å². The normalized spacial score (nSPS) is 11.4. The Bertz CT molecular complexity index is 1190. The first-order chi connectivity index (χ1) is 16.8. The van der Waals surface area contributed by atoms with Crippen LogP contribution in [0, 0.1) is 16.0 Å². The average molecular weight is 479 g/mol. The highest BCUT2D eigenvalue weighted by atomic mass is 16.6. The highest BCUT2D eigenvalue weighted by Gasteiger charge is 2.15. The molecular formula is C26H25NO8. The molecule has 1 atom stereocenters. The van der Waals surface area contributed by atoms with Crippen molar-refractivity contribution in [3.8, 4) is 17.2 Å². The molecular weight excluding hydrogens is 454 g/mol. The van der Waals surface area contributed by atoms with Gasteiger partial charge in [-0.15, -0.1) is 0 Å². The summed E-state index contributed by atoms with van der Waals surface area (Å²) in [5.74, 6) is -0.479. The fourth-order valence-corrected chi connectivity index (χ4v) is 2.94. The minimum Gasteiger partial charge on any atom is -0.493 e. The fraction of sp³-hybridized carbons (Fsp3) is 0.231. The van der Waals surface area contributed by atoms with Gasteiger partial charge in [0, 0.05) is 18.2 Å². The van der Waals surface area contributed by atoms with Gasteiger partial charge in [0.05, 0.1) is 17.1 Å². The minimum atomic E-state index is -1.11. The van der Waals surface area contributed by atoms with Crippen molar-refractivity contribution in [1.82, 2.24) is 0 Å². The molecule has 3 aromatic rings. The summed E-state index contributed by atoms with van der Waals surface area (Å²) in [7, 11) is 0. The molecule has 0 heterocycles. The van der Waals surface area contributed by atoms with Crippen LogP contribution in [-0.2, 0) is 6.61 Å². The van der Waals surface area contributed by atoms with Gasteiger partial charge in [0.1, 0.15) is 29.4 Å². The van der Waals surface area contributed by atoms with Crippen LogP contribution in [0.3, 0.4) is 0 Å². The topological polar surface area (TPSA) is 125 Å². The number of non-ortho nitro benzene ring substituents is 1. The molecule has 0 aliphatic carbocycles. The first kappa shape index (κ1) is 25.2. The number of carbonyl (C=O) groups is 2. The molecule has 0 bridgehead atoms. The van der Waals surface area contributed by atoms with Crippen LogP contribution in [0.4, 0.5) is 5.69 Å². The molecule has 0 fully saturated rings. The average Bonchev–Trinajstić information content (AvgIpc) is 2.86. The number of aromatic carboxylic acids is 1. The van der Waals surface area contributed by atoms with Gasteiger partial charge in [0.2, 0.25) is 0 Å². The number of carboxylic acid groups (broad SMARTS) is 1. The Labute approximate surface area is 202 Å². The Hall–Kier alpha value is -4.40. The molecule has 0 radical (unpaired) electrons. The highest BCUT2D eigenvalue weighted by Crippen LogP contribution is 2.27. The van der Waals surface area contributed by atoms with Crippen molar-refractivity contribution in [3.05, 3.63) is 93.5 Å². The SMILES string of the molecule is CCC(C)COc1ccc(C(=O)O)c(OCc2ccc(C(=O)Oc3ccc([N+](=O)[O-])cc3)cc2)c1. The van der Waals surface area contributed by atoms with Crippen molar-refractivity contribution >= 4 is 17.6 Å². The molecule has 0 saturated carbocycles. The van der Waals surface area contributed by atoms with Crippen molar-refractivity contribution in [1.29, 1.82) is 0 Å². The molecule has 0 aliphatic heterocycles. The molecule has 9 nitrogen and oxygen atoms in total. The molecule has 3 aromatic carbocycles. The number of hydrogen-bond donors (Lipinski definition) is 1. The summed E-state index contributed by atoms with van der Waals surface area (Å²) in [4.78, 5) is 34.1. The summed E-state index contributed by atoms with van der Waals surface area (Å²) in [5.41, 5.74) is 0.898. The van der Waals surface area contributed by atoms with E-state index in [4.69, 9.17) is 14.2 Å². The predicted octanol–water partition coefficient (Wildman–Crippen LogP) is 5.52. The van der Waals surface area contributed by atoms with Gasteiger partial charge in [-0.3, -0.25) is 10.1 Å². The van der Waals surface area contributed by atoms with Gasteiger partial charge in [-0.2, -0.15) is 0 Å². The second-order valence-corrected chi connectivity index (χ2v) is 7.91. The lowest BCUT2D eigenvalue weighted by Crippen LogP contribution is -2.09. The number of nitro benzene ring substituents is 1. The third kappa shape index (κ3) is 7.04. The maximum absolute atomic E-state index is 12.3. The van der Waals surface area contributed by atoms with Crippen molar-refractivity contribution in [2.24, 2.45) is 5.92 Å².